The standard InChI is InChI=1S/C15H21F2NO2/c1-10(11-5-6-12(16)13(17)9-11)18(15(2,3)4)8-7-14(19)20/h5-6,9-10H,7-8H2,1-4H3,(H,19,20). The summed E-state index contributed by atoms with van der Waals surface area (Å²) < 4.78 is 26.3. The number of hydrogen-bond donors (Lipinski definition) is 1. The molecular formula is C15H21F2NO2. The highest BCUT2D eigenvalue weighted by Crippen LogP contribution is 2.28. The molecule has 0 radical (unpaired) electrons. The molecule has 1 aromatic carbocycles. The van der Waals surface area contributed by atoms with E-state index in [9.17, 15) is 13.6 Å². The highest BCUT2D eigenvalue weighted by molar-refractivity contribution is 5.66. The third-order valence-corrected chi connectivity index (χ3v) is 3.32. The molecule has 0 aliphatic rings. The molecule has 0 saturated heterocycles. The van der Waals surface area contributed by atoms with Gasteiger partial charge in [0.15, 0.2) is 11.6 Å². The van der Waals surface area contributed by atoms with Crippen LogP contribution in [0.2, 0.25) is 0 Å². The molecule has 0 aliphatic heterocycles. The van der Waals surface area contributed by atoms with Crippen molar-refractivity contribution < 1.29 is 18.7 Å². The number of carboxylic acid groups (broad SMARTS) is 1. The Kier molecular flexibility index (Phi) is 5.22. The second-order valence-electron chi connectivity index (χ2n) is 5.86. The van der Waals surface area contributed by atoms with E-state index in [0.717, 1.165) is 6.07 Å². The first-order valence-corrected chi connectivity index (χ1v) is 6.56. The first-order valence-electron chi connectivity index (χ1n) is 6.56. The summed E-state index contributed by atoms with van der Waals surface area (Å²) in [7, 11) is 0. The zero-order valence-corrected chi connectivity index (χ0v) is 12.3. The minimum atomic E-state index is -0.888. The summed E-state index contributed by atoms with van der Waals surface area (Å²) in [6, 6.07) is 3.59. The predicted octanol–water partition coefficient (Wildman–Crippen LogP) is 3.60. The lowest BCUT2D eigenvalue weighted by Gasteiger charge is -2.40. The molecule has 1 rings (SSSR count). The Bertz CT molecular complexity index is 483. The number of rotatable bonds is 5. The quantitative estimate of drug-likeness (QED) is 0.898. The summed E-state index contributed by atoms with van der Waals surface area (Å²) in [5, 5.41) is 8.82. The average Bonchev–Trinajstić information content (AvgIpc) is 2.30. The molecule has 0 bridgehead atoms. The van der Waals surface area contributed by atoms with Crippen LogP contribution >= 0.6 is 0 Å². The van der Waals surface area contributed by atoms with Crippen molar-refractivity contribution in [2.75, 3.05) is 6.54 Å². The Balaban J connectivity index is 3.00. The van der Waals surface area contributed by atoms with Gasteiger partial charge in [-0.25, -0.2) is 8.78 Å². The predicted molar refractivity (Wildman–Crippen MR) is 73.5 cm³/mol. The molecule has 0 aromatic heterocycles. The van der Waals surface area contributed by atoms with Crippen LogP contribution in [0.25, 0.3) is 0 Å². The van der Waals surface area contributed by atoms with Gasteiger partial charge in [-0.3, -0.25) is 9.69 Å². The Morgan fingerprint density at radius 3 is 2.35 bits per heavy atom. The van der Waals surface area contributed by atoms with Gasteiger partial charge in [0.05, 0.1) is 6.42 Å². The number of aliphatic carboxylic acids is 1. The molecule has 3 nitrogen and oxygen atoms in total. The van der Waals surface area contributed by atoms with Crippen LogP contribution < -0.4 is 0 Å². The van der Waals surface area contributed by atoms with Crippen molar-refractivity contribution in [2.45, 2.75) is 45.7 Å². The van der Waals surface area contributed by atoms with Crippen LogP contribution in [0.3, 0.4) is 0 Å². The van der Waals surface area contributed by atoms with Crippen molar-refractivity contribution in [1.82, 2.24) is 4.90 Å². The summed E-state index contributed by atoms with van der Waals surface area (Å²) in [4.78, 5) is 12.7. The Morgan fingerprint density at radius 1 is 1.30 bits per heavy atom. The van der Waals surface area contributed by atoms with Gasteiger partial charge >= 0.3 is 5.97 Å². The lowest BCUT2D eigenvalue weighted by atomic mass is 9.98. The van der Waals surface area contributed by atoms with Gasteiger partial charge in [-0.1, -0.05) is 6.07 Å². The highest BCUT2D eigenvalue weighted by atomic mass is 19.2. The van der Waals surface area contributed by atoms with Gasteiger partial charge in [-0.05, 0) is 45.4 Å². The van der Waals surface area contributed by atoms with Gasteiger partial charge in [0.2, 0.25) is 0 Å². The molecule has 1 aromatic rings. The third kappa shape index (κ3) is 4.27. The fraction of sp³-hybridized carbons (Fsp3) is 0.533. The maximum absolute atomic E-state index is 13.3. The van der Waals surface area contributed by atoms with E-state index in [1.165, 1.54) is 12.1 Å². The summed E-state index contributed by atoms with van der Waals surface area (Å²) >= 11 is 0. The maximum Gasteiger partial charge on any atom is 0.304 e. The molecule has 1 N–H and O–H groups in total. The molecule has 0 saturated carbocycles. The van der Waals surface area contributed by atoms with Gasteiger partial charge in [0.25, 0.3) is 0 Å². The largest absolute Gasteiger partial charge is 0.481 e. The van der Waals surface area contributed by atoms with Crippen molar-refractivity contribution in [3.63, 3.8) is 0 Å². The van der Waals surface area contributed by atoms with Crippen molar-refractivity contribution in [3.8, 4) is 0 Å². The molecule has 0 amide bonds. The summed E-state index contributed by atoms with van der Waals surface area (Å²) in [6.45, 7) is 8.10. The van der Waals surface area contributed by atoms with E-state index < -0.39 is 17.6 Å². The lowest BCUT2D eigenvalue weighted by Crippen LogP contribution is -2.44. The molecule has 0 spiro atoms. The highest BCUT2D eigenvalue weighted by Gasteiger charge is 2.27. The van der Waals surface area contributed by atoms with Crippen LogP contribution in [0.5, 0.6) is 0 Å². The summed E-state index contributed by atoms with van der Waals surface area (Å²) in [5.74, 6) is -2.65. The van der Waals surface area contributed by atoms with Gasteiger partial charge in [0, 0.05) is 18.1 Å². The smallest absolute Gasteiger partial charge is 0.304 e. The van der Waals surface area contributed by atoms with E-state index in [4.69, 9.17) is 5.11 Å². The van der Waals surface area contributed by atoms with Crippen molar-refractivity contribution >= 4 is 5.97 Å². The molecule has 0 heterocycles. The van der Waals surface area contributed by atoms with Crippen LogP contribution in [0.4, 0.5) is 8.78 Å². The molecule has 5 heteroatoms. The molecule has 1 atom stereocenters. The van der Waals surface area contributed by atoms with E-state index in [1.54, 1.807) is 0 Å². The van der Waals surface area contributed by atoms with E-state index in [1.807, 2.05) is 32.6 Å². The number of hydrogen-bond acceptors (Lipinski definition) is 2. The Morgan fingerprint density at radius 2 is 1.90 bits per heavy atom. The monoisotopic (exact) mass is 285 g/mol. The van der Waals surface area contributed by atoms with Crippen LogP contribution in [0, 0.1) is 11.6 Å². The van der Waals surface area contributed by atoms with Crippen molar-refractivity contribution in [2.24, 2.45) is 0 Å². The van der Waals surface area contributed by atoms with Crippen molar-refractivity contribution in [1.29, 1.82) is 0 Å². The van der Waals surface area contributed by atoms with E-state index in [0.29, 0.717) is 12.1 Å². The van der Waals surface area contributed by atoms with Gasteiger partial charge < -0.3 is 5.11 Å². The van der Waals surface area contributed by atoms with Crippen LogP contribution in [-0.2, 0) is 4.79 Å². The minimum Gasteiger partial charge on any atom is -0.481 e. The zero-order valence-electron chi connectivity index (χ0n) is 12.3. The second-order valence-corrected chi connectivity index (χ2v) is 5.86. The van der Waals surface area contributed by atoms with E-state index in [-0.39, 0.29) is 18.0 Å². The zero-order chi connectivity index (χ0) is 15.5. The number of benzene rings is 1. The average molecular weight is 285 g/mol. The topological polar surface area (TPSA) is 40.5 Å². The van der Waals surface area contributed by atoms with Gasteiger partial charge in [-0.15, -0.1) is 0 Å². The van der Waals surface area contributed by atoms with Gasteiger partial charge in [-0.2, -0.15) is 0 Å². The number of nitrogens with zero attached hydrogens (tertiary/aromatic N) is 1. The fourth-order valence-electron chi connectivity index (χ4n) is 2.28. The first-order chi connectivity index (χ1) is 9.12. The van der Waals surface area contributed by atoms with Crippen LogP contribution in [0.15, 0.2) is 18.2 Å². The summed E-state index contributed by atoms with van der Waals surface area (Å²) in [6.07, 6.45) is 0.00524. The van der Waals surface area contributed by atoms with Crippen LogP contribution in [0.1, 0.15) is 45.7 Å². The molecule has 0 fully saturated rings. The van der Waals surface area contributed by atoms with Gasteiger partial charge in [0.1, 0.15) is 0 Å². The first kappa shape index (κ1) is 16.6. The number of carbonyl (C=O) groups is 1. The molecule has 1 unspecified atom stereocenters. The number of halogens is 2. The van der Waals surface area contributed by atoms with Crippen molar-refractivity contribution in [3.05, 3.63) is 35.4 Å². The normalized spacial score (nSPS) is 13.6. The van der Waals surface area contributed by atoms with E-state index >= 15 is 0 Å². The second kappa shape index (κ2) is 6.31. The molecule has 20 heavy (non-hydrogen) atoms. The Hall–Kier alpha value is -1.49. The lowest BCUT2D eigenvalue weighted by molar-refractivity contribution is -0.137. The minimum absolute atomic E-state index is 0.00524. The molecular weight excluding hydrogens is 264 g/mol. The fourth-order valence-corrected chi connectivity index (χ4v) is 2.28. The third-order valence-electron chi connectivity index (χ3n) is 3.32. The summed E-state index contributed by atoms with van der Waals surface area (Å²) in [5.41, 5.74) is 0.351. The Labute approximate surface area is 118 Å². The molecule has 0 aliphatic carbocycles. The maximum atomic E-state index is 13.3. The molecule has 112 valence electrons. The van der Waals surface area contributed by atoms with Crippen LogP contribution in [-0.4, -0.2) is 28.1 Å². The number of carboxylic acids is 1. The van der Waals surface area contributed by atoms with E-state index in [2.05, 4.69) is 0 Å². The SMILES string of the molecule is CC(c1ccc(F)c(F)c1)N(CCC(=O)O)C(C)(C)C.